The number of hydrogen-bond acceptors (Lipinski definition) is 4. The van der Waals surface area contributed by atoms with E-state index in [1.54, 1.807) is 0 Å². The molecule has 0 bridgehead atoms. The maximum absolute atomic E-state index is 11.3. The number of aliphatic hydroxyl groups is 1. The average molecular weight is 344 g/mol. The predicted molar refractivity (Wildman–Crippen MR) is 86.3 cm³/mol. The molecule has 22 heavy (non-hydrogen) atoms. The molecule has 0 amide bonds. The van der Waals surface area contributed by atoms with Crippen LogP contribution in [0.25, 0.3) is 0 Å². The van der Waals surface area contributed by atoms with E-state index in [9.17, 15) is 13.0 Å². The van der Waals surface area contributed by atoms with Crippen LogP contribution in [0.1, 0.15) is 90.4 Å². The summed E-state index contributed by atoms with van der Waals surface area (Å²) in [5, 5.41) is 7.99. The van der Waals surface area contributed by atoms with Gasteiger partial charge in [-0.25, -0.2) is 8.42 Å². The molecule has 0 aromatic heterocycles. The van der Waals surface area contributed by atoms with E-state index in [-0.39, 0.29) is 36.2 Å². The first-order valence-corrected chi connectivity index (χ1v) is 10.0. The van der Waals surface area contributed by atoms with Gasteiger partial charge in [-0.1, -0.05) is 71.1 Å². The van der Waals surface area contributed by atoms with Crippen LogP contribution in [0.5, 0.6) is 0 Å². The first-order valence-electron chi connectivity index (χ1n) is 8.58. The zero-order valence-corrected chi connectivity index (χ0v) is 17.4. The molecule has 0 radical (unpaired) electrons. The van der Waals surface area contributed by atoms with E-state index in [1.165, 1.54) is 0 Å². The number of aliphatic hydroxyl groups excluding tert-OH is 1. The molecular weight excluding hydrogens is 311 g/mol. The van der Waals surface area contributed by atoms with E-state index in [1.807, 2.05) is 0 Å². The van der Waals surface area contributed by atoms with Gasteiger partial charge in [-0.3, -0.25) is 0 Å². The molecule has 0 rings (SSSR count). The summed E-state index contributed by atoms with van der Waals surface area (Å²) < 4.78 is 33.8. The molecule has 1 unspecified atom stereocenters. The van der Waals surface area contributed by atoms with Gasteiger partial charge in [0, 0.05) is 11.9 Å². The SMILES string of the molecule is CCCCCCC(CCCCCCCCCO)S(=O)(=O)[O-].[Na+]. The first-order chi connectivity index (χ1) is 10.0. The predicted octanol–water partition coefficient (Wildman–Crippen LogP) is 0.988. The van der Waals surface area contributed by atoms with Crippen molar-refractivity contribution in [3.05, 3.63) is 0 Å². The van der Waals surface area contributed by atoms with E-state index < -0.39 is 15.4 Å². The maximum atomic E-state index is 11.3. The molecule has 0 aromatic carbocycles. The summed E-state index contributed by atoms with van der Waals surface area (Å²) in [6.45, 7) is 2.38. The van der Waals surface area contributed by atoms with Gasteiger partial charge in [0.2, 0.25) is 0 Å². The van der Waals surface area contributed by atoms with Gasteiger partial charge >= 0.3 is 29.6 Å². The summed E-state index contributed by atoms with van der Waals surface area (Å²) in [6, 6.07) is 0. The molecule has 6 heteroatoms. The third-order valence-electron chi connectivity index (χ3n) is 3.97. The molecule has 0 aromatic rings. The van der Waals surface area contributed by atoms with Crippen LogP contribution >= 0.6 is 0 Å². The zero-order valence-electron chi connectivity index (χ0n) is 14.6. The van der Waals surface area contributed by atoms with Crippen molar-refractivity contribution in [2.75, 3.05) is 6.61 Å². The van der Waals surface area contributed by atoms with Crippen molar-refractivity contribution in [1.82, 2.24) is 0 Å². The Hall–Kier alpha value is 0.870. The van der Waals surface area contributed by atoms with E-state index >= 15 is 0 Å². The first kappa shape index (κ1) is 25.1. The van der Waals surface area contributed by atoms with Crippen LogP contribution in [0, 0.1) is 0 Å². The minimum atomic E-state index is -4.13. The van der Waals surface area contributed by atoms with Crippen molar-refractivity contribution in [3.8, 4) is 0 Å². The Morgan fingerprint density at radius 1 is 0.818 bits per heavy atom. The van der Waals surface area contributed by atoms with Crippen molar-refractivity contribution in [2.45, 2.75) is 95.6 Å². The Labute approximate surface area is 159 Å². The topological polar surface area (TPSA) is 77.4 Å². The normalized spacial score (nSPS) is 12.9. The van der Waals surface area contributed by atoms with E-state index in [2.05, 4.69) is 6.92 Å². The quantitative estimate of drug-likeness (QED) is 0.273. The average Bonchev–Trinajstić information content (AvgIpc) is 2.42. The monoisotopic (exact) mass is 344 g/mol. The number of rotatable bonds is 15. The fourth-order valence-corrected chi connectivity index (χ4v) is 3.51. The van der Waals surface area contributed by atoms with Gasteiger partial charge in [0.15, 0.2) is 0 Å². The van der Waals surface area contributed by atoms with Crippen LogP contribution < -0.4 is 29.6 Å². The maximum Gasteiger partial charge on any atom is 1.00 e. The molecule has 0 heterocycles. The Morgan fingerprint density at radius 3 is 1.64 bits per heavy atom. The van der Waals surface area contributed by atoms with Crippen LogP contribution in [-0.2, 0) is 10.1 Å². The molecule has 1 atom stereocenters. The Kier molecular flexibility index (Phi) is 19.1. The second-order valence-electron chi connectivity index (χ2n) is 5.95. The molecular formula is C16H33NaO4S. The van der Waals surface area contributed by atoms with Gasteiger partial charge in [0.25, 0.3) is 0 Å². The van der Waals surface area contributed by atoms with Gasteiger partial charge in [-0.15, -0.1) is 0 Å². The van der Waals surface area contributed by atoms with Crippen LogP contribution in [-0.4, -0.2) is 29.9 Å². The summed E-state index contributed by atoms with van der Waals surface area (Å²) in [6.07, 6.45) is 12.3. The standard InChI is InChI=1S/C16H34O4S.Na/c1-2-3-4-10-13-16(21(18,19)20)14-11-8-6-5-7-9-12-15-17;/h16-17H,2-15H2,1H3,(H,18,19,20);/q;+1/p-1. The van der Waals surface area contributed by atoms with Gasteiger partial charge in [0.05, 0.1) is 10.1 Å². The summed E-state index contributed by atoms with van der Waals surface area (Å²) in [5.74, 6) is 0. The van der Waals surface area contributed by atoms with E-state index in [0.717, 1.165) is 70.6 Å². The van der Waals surface area contributed by atoms with E-state index in [4.69, 9.17) is 5.11 Å². The van der Waals surface area contributed by atoms with Crippen molar-refractivity contribution in [3.63, 3.8) is 0 Å². The Balaban J connectivity index is 0. The minimum absolute atomic E-state index is 0. The number of hydrogen-bond donors (Lipinski definition) is 1. The fraction of sp³-hybridized carbons (Fsp3) is 1.00. The molecule has 0 aliphatic heterocycles. The van der Waals surface area contributed by atoms with Crippen molar-refractivity contribution >= 4 is 10.1 Å². The minimum Gasteiger partial charge on any atom is -0.748 e. The van der Waals surface area contributed by atoms with Crippen LogP contribution in [0.15, 0.2) is 0 Å². The second kappa shape index (κ2) is 16.7. The molecule has 4 nitrogen and oxygen atoms in total. The number of unbranched alkanes of at least 4 members (excludes halogenated alkanes) is 9. The van der Waals surface area contributed by atoms with Gasteiger partial charge < -0.3 is 9.66 Å². The molecule has 0 aliphatic carbocycles. The largest absolute Gasteiger partial charge is 1.00 e. The van der Waals surface area contributed by atoms with Gasteiger partial charge in [0.1, 0.15) is 0 Å². The van der Waals surface area contributed by atoms with Crippen LogP contribution in [0.4, 0.5) is 0 Å². The molecule has 0 fully saturated rings. The summed E-state index contributed by atoms with van der Waals surface area (Å²) in [4.78, 5) is 0. The third-order valence-corrected chi connectivity index (χ3v) is 5.26. The smallest absolute Gasteiger partial charge is 0.748 e. The van der Waals surface area contributed by atoms with Crippen molar-refractivity contribution in [2.24, 2.45) is 0 Å². The molecule has 0 saturated heterocycles. The molecule has 0 aliphatic rings. The molecule has 0 saturated carbocycles. The Morgan fingerprint density at radius 2 is 1.23 bits per heavy atom. The summed E-state index contributed by atoms with van der Waals surface area (Å²) >= 11 is 0. The van der Waals surface area contributed by atoms with Crippen molar-refractivity contribution in [1.29, 1.82) is 0 Å². The second-order valence-corrected chi connectivity index (χ2v) is 7.60. The third kappa shape index (κ3) is 15.8. The molecule has 128 valence electrons. The van der Waals surface area contributed by atoms with Crippen molar-refractivity contribution < 1.29 is 47.6 Å². The Bertz CT molecular complexity index is 320. The van der Waals surface area contributed by atoms with Gasteiger partial charge in [-0.2, -0.15) is 0 Å². The van der Waals surface area contributed by atoms with Gasteiger partial charge in [-0.05, 0) is 19.3 Å². The fourth-order valence-electron chi connectivity index (χ4n) is 2.60. The zero-order chi connectivity index (χ0) is 16.0. The molecule has 0 spiro atoms. The summed E-state index contributed by atoms with van der Waals surface area (Å²) in [5.41, 5.74) is 0. The summed E-state index contributed by atoms with van der Waals surface area (Å²) in [7, 11) is -4.13. The van der Waals surface area contributed by atoms with Crippen LogP contribution in [0.3, 0.4) is 0 Å². The van der Waals surface area contributed by atoms with Crippen LogP contribution in [0.2, 0.25) is 0 Å². The van der Waals surface area contributed by atoms with E-state index in [0.29, 0.717) is 12.8 Å². The molecule has 1 N–H and O–H groups in total.